The maximum atomic E-state index is 3.33. The Morgan fingerprint density at radius 2 is 2.50 bits per heavy atom. The van der Waals surface area contributed by atoms with Crippen molar-refractivity contribution in [2.24, 2.45) is 0 Å². The second kappa shape index (κ2) is 2.72. The van der Waals surface area contributed by atoms with Gasteiger partial charge in [0.05, 0.1) is 0 Å². The molecule has 1 aromatic heterocycles. The van der Waals surface area contributed by atoms with Gasteiger partial charge in [-0.2, -0.15) is 0 Å². The lowest BCUT2D eigenvalue weighted by atomic mass is 10.1. The van der Waals surface area contributed by atoms with Crippen molar-refractivity contribution in [1.29, 1.82) is 0 Å². The first-order chi connectivity index (χ1) is 4.97. The zero-order valence-electron chi connectivity index (χ0n) is 5.76. The highest BCUT2D eigenvalue weighted by Crippen LogP contribution is 2.24. The molecule has 0 atom stereocenters. The summed E-state index contributed by atoms with van der Waals surface area (Å²) in [5.74, 6) is 1.58. The molecule has 0 bridgehead atoms. The lowest BCUT2D eigenvalue weighted by Crippen LogP contribution is -2.07. The molecule has 1 saturated heterocycles. The summed E-state index contributed by atoms with van der Waals surface area (Å²) in [4.78, 5) is 1.46. The summed E-state index contributed by atoms with van der Waals surface area (Å²) in [5, 5.41) is 5.47. The Morgan fingerprint density at radius 3 is 3.10 bits per heavy atom. The Balaban J connectivity index is 2.12. The summed E-state index contributed by atoms with van der Waals surface area (Å²) in [6.07, 6.45) is 1.24. The Morgan fingerprint density at radius 1 is 1.50 bits per heavy atom. The fourth-order valence-electron chi connectivity index (χ4n) is 1.26. The third-order valence-corrected chi connectivity index (χ3v) is 2.78. The van der Waals surface area contributed by atoms with E-state index in [1.165, 1.54) is 11.3 Å². The summed E-state index contributed by atoms with van der Waals surface area (Å²) in [6, 6.07) is 4.32. The van der Waals surface area contributed by atoms with Gasteiger partial charge in [0.25, 0.3) is 0 Å². The van der Waals surface area contributed by atoms with E-state index in [2.05, 4.69) is 22.8 Å². The van der Waals surface area contributed by atoms with Crippen LogP contribution in [0, 0.1) is 5.92 Å². The second-order valence-electron chi connectivity index (χ2n) is 2.51. The largest absolute Gasteiger partial charge is 0.316 e. The Labute approximate surface area is 65.1 Å². The van der Waals surface area contributed by atoms with E-state index in [9.17, 15) is 0 Å². The fourth-order valence-corrected chi connectivity index (χ4v) is 2.06. The molecule has 0 saturated carbocycles. The highest BCUT2D eigenvalue weighted by Gasteiger charge is 2.17. The molecular formula is C8H10NS. The maximum absolute atomic E-state index is 3.33. The lowest BCUT2D eigenvalue weighted by Gasteiger charge is -2.01. The molecule has 1 nitrogen and oxygen atoms in total. The van der Waals surface area contributed by atoms with Gasteiger partial charge in [0.15, 0.2) is 0 Å². The van der Waals surface area contributed by atoms with Crippen molar-refractivity contribution in [2.45, 2.75) is 6.42 Å². The lowest BCUT2D eigenvalue weighted by molar-refractivity contribution is 0.861. The predicted octanol–water partition coefficient (Wildman–Crippen LogP) is 1.66. The number of hydrogen-bond acceptors (Lipinski definition) is 2. The van der Waals surface area contributed by atoms with Crippen LogP contribution in [0.1, 0.15) is 11.3 Å². The summed E-state index contributed by atoms with van der Waals surface area (Å²) in [6.45, 7) is 2.26. The van der Waals surface area contributed by atoms with Crippen molar-refractivity contribution in [3.63, 3.8) is 0 Å². The molecule has 0 aromatic carbocycles. The minimum Gasteiger partial charge on any atom is -0.316 e. The van der Waals surface area contributed by atoms with Crippen LogP contribution in [0.4, 0.5) is 0 Å². The fraction of sp³-hybridized carbons (Fsp3) is 0.375. The van der Waals surface area contributed by atoms with Gasteiger partial charge in [0.2, 0.25) is 0 Å². The topological polar surface area (TPSA) is 12.0 Å². The van der Waals surface area contributed by atoms with Crippen LogP contribution in [0.5, 0.6) is 0 Å². The molecule has 0 amide bonds. The standard InChI is InChI=1S/C8H10NS/c1-2-8(10-5-1)7-3-4-9-6-7/h1-2,5,9H,3-4,6H2. The molecule has 2 rings (SSSR count). The van der Waals surface area contributed by atoms with Crippen molar-refractivity contribution in [2.75, 3.05) is 13.1 Å². The predicted molar refractivity (Wildman–Crippen MR) is 44.2 cm³/mol. The molecular weight excluding hydrogens is 142 g/mol. The zero-order chi connectivity index (χ0) is 6.81. The molecule has 10 heavy (non-hydrogen) atoms. The quantitative estimate of drug-likeness (QED) is 0.645. The SMILES string of the molecule is c1csc([C]2CCNC2)c1. The van der Waals surface area contributed by atoms with Crippen molar-refractivity contribution >= 4 is 11.3 Å². The van der Waals surface area contributed by atoms with Crippen LogP contribution in [0.2, 0.25) is 0 Å². The van der Waals surface area contributed by atoms with Crippen LogP contribution in [0.3, 0.4) is 0 Å². The highest BCUT2D eigenvalue weighted by atomic mass is 32.1. The first-order valence-electron chi connectivity index (χ1n) is 3.56. The van der Waals surface area contributed by atoms with E-state index in [4.69, 9.17) is 0 Å². The van der Waals surface area contributed by atoms with Crippen molar-refractivity contribution in [1.82, 2.24) is 5.32 Å². The third kappa shape index (κ3) is 1.09. The highest BCUT2D eigenvalue weighted by molar-refractivity contribution is 7.10. The summed E-state index contributed by atoms with van der Waals surface area (Å²) >= 11 is 1.84. The minimum absolute atomic E-state index is 1.10. The molecule has 0 unspecified atom stereocenters. The van der Waals surface area contributed by atoms with Crippen LogP contribution >= 0.6 is 11.3 Å². The van der Waals surface area contributed by atoms with Crippen LogP contribution in [0.25, 0.3) is 0 Å². The van der Waals surface area contributed by atoms with E-state index in [-0.39, 0.29) is 0 Å². The summed E-state index contributed by atoms with van der Waals surface area (Å²) in [7, 11) is 0. The van der Waals surface area contributed by atoms with E-state index >= 15 is 0 Å². The van der Waals surface area contributed by atoms with Crippen LogP contribution in [-0.2, 0) is 0 Å². The van der Waals surface area contributed by atoms with Gasteiger partial charge in [-0.25, -0.2) is 0 Å². The average molecular weight is 152 g/mol. The van der Waals surface area contributed by atoms with E-state index in [0.29, 0.717) is 0 Å². The Hall–Kier alpha value is -0.340. The van der Waals surface area contributed by atoms with E-state index in [1.807, 2.05) is 11.3 Å². The molecule has 2 heteroatoms. The van der Waals surface area contributed by atoms with Gasteiger partial charge in [-0.1, -0.05) is 6.07 Å². The minimum atomic E-state index is 1.10. The summed E-state index contributed by atoms with van der Waals surface area (Å²) < 4.78 is 0. The molecule has 1 N–H and O–H groups in total. The smallest absolute Gasteiger partial charge is 0.0301 e. The van der Waals surface area contributed by atoms with Gasteiger partial charge in [0.1, 0.15) is 0 Å². The first-order valence-corrected chi connectivity index (χ1v) is 4.44. The van der Waals surface area contributed by atoms with Crippen LogP contribution < -0.4 is 5.32 Å². The average Bonchev–Trinajstić information content (AvgIpc) is 2.59. The zero-order valence-corrected chi connectivity index (χ0v) is 6.58. The molecule has 1 fully saturated rings. The second-order valence-corrected chi connectivity index (χ2v) is 3.46. The van der Waals surface area contributed by atoms with Gasteiger partial charge < -0.3 is 5.32 Å². The van der Waals surface area contributed by atoms with Gasteiger partial charge >= 0.3 is 0 Å². The summed E-state index contributed by atoms with van der Waals surface area (Å²) in [5.41, 5.74) is 0. The van der Waals surface area contributed by atoms with Gasteiger partial charge in [0, 0.05) is 17.3 Å². The number of nitrogens with one attached hydrogen (secondary N) is 1. The Kier molecular flexibility index (Phi) is 1.74. The molecule has 1 aliphatic heterocycles. The van der Waals surface area contributed by atoms with Crippen molar-refractivity contribution < 1.29 is 0 Å². The van der Waals surface area contributed by atoms with Crippen LogP contribution in [-0.4, -0.2) is 13.1 Å². The van der Waals surface area contributed by atoms with Crippen molar-refractivity contribution in [3.8, 4) is 0 Å². The van der Waals surface area contributed by atoms with Crippen molar-refractivity contribution in [3.05, 3.63) is 28.3 Å². The first kappa shape index (κ1) is 6.38. The number of thiophene rings is 1. The number of hydrogen-bond donors (Lipinski definition) is 1. The molecule has 1 aliphatic rings. The third-order valence-electron chi connectivity index (χ3n) is 1.81. The molecule has 53 valence electrons. The normalized spacial score (nSPS) is 20.0. The van der Waals surface area contributed by atoms with Gasteiger partial charge in [-0.15, -0.1) is 11.3 Å². The molecule has 2 heterocycles. The molecule has 0 spiro atoms. The number of rotatable bonds is 1. The van der Waals surface area contributed by atoms with E-state index < -0.39 is 0 Å². The maximum Gasteiger partial charge on any atom is 0.0301 e. The molecule has 0 aliphatic carbocycles. The Bertz CT molecular complexity index is 187. The van der Waals surface area contributed by atoms with Crippen LogP contribution in [0.15, 0.2) is 17.5 Å². The van der Waals surface area contributed by atoms with E-state index in [1.54, 1.807) is 5.92 Å². The van der Waals surface area contributed by atoms with Gasteiger partial charge in [-0.3, -0.25) is 0 Å². The van der Waals surface area contributed by atoms with Gasteiger partial charge in [-0.05, 0) is 24.4 Å². The monoisotopic (exact) mass is 152 g/mol. The molecule has 1 radical (unpaired) electrons. The molecule has 1 aromatic rings. The van der Waals surface area contributed by atoms with E-state index in [0.717, 1.165) is 13.1 Å².